The van der Waals surface area contributed by atoms with E-state index in [0.29, 0.717) is 0 Å². The first-order valence-electron chi connectivity index (χ1n) is 19.7. The van der Waals surface area contributed by atoms with Crippen LogP contribution in [0.15, 0.2) is 182 Å². The molecule has 12 rings (SSSR count). The van der Waals surface area contributed by atoms with Gasteiger partial charge in [-0.05, 0) is 64.7 Å². The molecule has 0 saturated heterocycles. The van der Waals surface area contributed by atoms with Gasteiger partial charge in [-0.25, -0.2) is 9.97 Å². The lowest BCUT2D eigenvalue weighted by Crippen LogP contribution is -2.16. The predicted molar refractivity (Wildman–Crippen MR) is 237 cm³/mol. The Morgan fingerprint density at radius 3 is 1.75 bits per heavy atom. The van der Waals surface area contributed by atoms with Crippen LogP contribution in [0.5, 0.6) is 0 Å². The minimum atomic E-state index is -0.246. The van der Waals surface area contributed by atoms with E-state index >= 15 is 0 Å². The number of para-hydroxylation sites is 3. The van der Waals surface area contributed by atoms with Crippen molar-refractivity contribution in [3.63, 3.8) is 0 Å². The van der Waals surface area contributed by atoms with E-state index in [0.717, 1.165) is 44.9 Å². The van der Waals surface area contributed by atoms with Crippen LogP contribution in [-0.4, -0.2) is 19.1 Å². The van der Waals surface area contributed by atoms with Gasteiger partial charge < -0.3 is 9.13 Å². The summed E-state index contributed by atoms with van der Waals surface area (Å²) in [6.07, 6.45) is 0. The molecule has 4 nitrogen and oxygen atoms in total. The zero-order valence-corrected chi connectivity index (χ0v) is 31.6. The molecule has 3 heterocycles. The van der Waals surface area contributed by atoms with E-state index in [1.54, 1.807) is 0 Å². The third kappa shape index (κ3) is 4.44. The van der Waals surface area contributed by atoms with Crippen molar-refractivity contribution in [3.05, 3.63) is 193 Å². The van der Waals surface area contributed by atoms with Crippen molar-refractivity contribution in [2.45, 2.75) is 19.3 Å². The summed E-state index contributed by atoms with van der Waals surface area (Å²) in [4.78, 5) is 10.5. The fourth-order valence-electron chi connectivity index (χ4n) is 9.85. The molecule has 3 aromatic heterocycles. The highest BCUT2D eigenvalue weighted by atomic mass is 15.0. The summed E-state index contributed by atoms with van der Waals surface area (Å²) in [7, 11) is 0. The van der Waals surface area contributed by atoms with Gasteiger partial charge in [0.2, 0.25) is 0 Å². The first kappa shape index (κ1) is 32.0. The first-order chi connectivity index (χ1) is 28.1. The lowest BCUT2D eigenvalue weighted by atomic mass is 9.81. The summed E-state index contributed by atoms with van der Waals surface area (Å²) in [5.74, 6) is 0.721. The summed E-state index contributed by atoms with van der Waals surface area (Å²) in [5.41, 5.74) is 16.1. The molecule has 11 aromatic rings. The second kappa shape index (κ2) is 11.8. The van der Waals surface area contributed by atoms with Crippen LogP contribution < -0.4 is 0 Å². The minimum absolute atomic E-state index is 0.246. The maximum atomic E-state index is 5.28. The van der Waals surface area contributed by atoms with Crippen molar-refractivity contribution in [1.82, 2.24) is 19.1 Å². The van der Waals surface area contributed by atoms with Crippen LogP contribution >= 0.6 is 0 Å². The molecule has 0 unspecified atom stereocenters. The summed E-state index contributed by atoms with van der Waals surface area (Å²) in [6.45, 7) is 4.82. The van der Waals surface area contributed by atoms with E-state index in [4.69, 9.17) is 9.97 Å². The Kier molecular flexibility index (Phi) is 6.65. The molecule has 0 atom stereocenters. The van der Waals surface area contributed by atoms with Gasteiger partial charge in [-0.1, -0.05) is 153 Å². The average Bonchev–Trinajstić information content (AvgIpc) is 3.87. The summed E-state index contributed by atoms with van der Waals surface area (Å²) in [5, 5.41) is 6.05. The van der Waals surface area contributed by atoms with Crippen LogP contribution in [0.25, 0.3) is 99.7 Å². The lowest BCUT2D eigenvalue weighted by Gasteiger charge is -2.24. The van der Waals surface area contributed by atoms with Gasteiger partial charge in [0, 0.05) is 54.8 Å². The number of rotatable bonds is 4. The molecule has 268 valence electrons. The van der Waals surface area contributed by atoms with Gasteiger partial charge in [0.05, 0.1) is 33.3 Å². The number of nitrogens with zero attached hydrogens (tertiary/aromatic N) is 4. The van der Waals surface area contributed by atoms with Crippen LogP contribution in [0.3, 0.4) is 0 Å². The highest BCUT2D eigenvalue weighted by Crippen LogP contribution is 2.58. The second-order valence-electron chi connectivity index (χ2n) is 15.7. The third-order valence-corrected chi connectivity index (χ3v) is 12.2. The van der Waals surface area contributed by atoms with E-state index in [1.807, 2.05) is 18.2 Å². The molecule has 1 aliphatic rings. The molecular formula is C53H36N4. The molecule has 1 aliphatic carbocycles. The predicted octanol–water partition coefficient (Wildman–Crippen LogP) is 13.5. The Morgan fingerprint density at radius 1 is 0.456 bits per heavy atom. The minimum Gasteiger partial charge on any atom is -0.309 e. The van der Waals surface area contributed by atoms with E-state index in [1.165, 1.54) is 65.9 Å². The maximum Gasteiger partial charge on any atom is 0.160 e. The molecule has 0 fully saturated rings. The second-order valence-corrected chi connectivity index (χ2v) is 15.7. The molecule has 8 aromatic carbocycles. The lowest BCUT2D eigenvalue weighted by molar-refractivity contribution is 0.664. The number of fused-ring (bicyclic) bond motifs is 13. The Hall–Kier alpha value is -7.30. The quantitative estimate of drug-likeness (QED) is 0.181. The maximum absolute atomic E-state index is 5.28. The van der Waals surface area contributed by atoms with Crippen molar-refractivity contribution in [2.75, 3.05) is 0 Å². The van der Waals surface area contributed by atoms with Crippen LogP contribution in [0, 0.1) is 0 Å². The largest absolute Gasteiger partial charge is 0.309 e. The van der Waals surface area contributed by atoms with E-state index in [9.17, 15) is 0 Å². The normalized spacial score (nSPS) is 13.2. The standard InChI is InChI=1S/C53H36N4/c1-53(2)41-27-15-12-24-37(41)45-46-38-25-13-16-28-43(38)57(50(46)47-39-26-14-17-29-44(39)56(51(47)48(45)53)35-22-10-5-11-23-35)36-30-31-42-40(32-36)49(33-18-6-3-7-19-33)55-52(54-42)34-20-8-4-9-21-34/h3-32H,1-2H3. The van der Waals surface area contributed by atoms with Crippen molar-refractivity contribution >= 4 is 54.5 Å². The summed E-state index contributed by atoms with van der Waals surface area (Å²) in [6, 6.07) is 65.4. The fraction of sp³-hybridized carbons (Fsp3) is 0.0566. The fourth-order valence-corrected chi connectivity index (χ4v) is 9.85. The molecule has 0 amide bonds. The summed E-state index contributed by atoms with van der Waals surface area (Å²) >= 11 is 0. The van der Waals surface area contributed by atoms with Crippen molar-refractivity contribution in [1.29, 1.82) is 0 Å². The molecule has 4 heteroatoms. The monoisotopic (exact) mass is 728 g/mol. The van der Waals surface area contributed by atoms with Gasteiger partial charge in [-0.2, -0.15) is 0 Å². The third-order valence-electron chi connectivity index (χ3n) is 12.2. The van der Waals surface area contributed by atoms with Crippen LogP contribution in [-0.2, 0) is 5.41 Å². The zero-order valence-electron chi connectivity index (χ0n) is 31.6. The number of aromatic nitrogens is 4. The Bertz CT molecular complexity index is 3410. The van der Waals surface area contributed by atoms with E-state index in [-0.39, 0.29) is 5.41 Å². The highest BCUT2D eigenvalue weighted by Gasteiger charge is 2.41. The Morgan fingerprint density at radius 2 is 1.04 bits per heavy atom. The highest BCUT2D eigenvalue weighted by molar-refractivity contribution is 6.32. The van der Waals surface area contributed by atoms with Crippen molar-refractivity contribution in [3.8, 4) is 45.1 Å². The molecular weight excluding hydrogens is 693 g/mol. The first-order valence-corrected chi connectivity index (χ1v) is 19.7. The van der Waals surface area contributed by atoms with Gasteiger partial charge in [-0.3, -0.25) is 0 Å². The van der Waals surface area contributed by atoms with Gasteiger partial charge in [0.25, 0.3) is 0 Å². The molecule has 0 saturated carbocycles. The number of hydrogen-bond donors (Lipinski definition) is 0. The van der Waals surface area contributed by atoms with Crippen molar-refractivity contribution in [2.24, 2.45) is 0 Å². The summed E-state index contributed by atoms with van der Waals surface area (Å²) < 4.78 is 5.04. The van der Waals surface area contributed by atoms with Crippen LogP contribution in [0.4, 0.5) is 0 Å². The van der Waals surface area contributed by atoms with Gasteiger partial charge in [0.1, 0.15) is 0 Å². The molecule has 0 aliphatic heterocycles. The molecule has 0 bridgehead atoms. The van der Waals surface area contributed by atoms with Gasteiger partial charge >= 0.3 is 0 Å². The van der Waals surface area contributed by atoms with Gasteiger partial charge in [-0.15, -0.1) is 0 Å². The topological polar surface area (TPSA) is 35.6 Å². The smallest absolute Gasteiger partial charge is 0.160 e. The SMILES string of the molecule is CC1(C)c2ccccc2-c2c1c1c(c3ccccc3n1-c1ccccc1)c1c2c2ccccc2n1-c1ccc2nc(-c3ccccc3)nc(-c3ccccc3)c2c1. The molecule has 0 radical (unpaired) electrons. The molecule has 0 spiro atoms. The number of benzene rings is 8. The average molecular weight is 729 g/mol. The van der Waals surface area contributed by atoms with E-state index < -0.39 is 0 Å². The Labute approximate surface area is 329 Å². The van der Waals surface area contributed by atoms with Crippen LogP contribution in [0.1, 0.15) is 25.0 Å². The Balaban J connectivity index is 1.29. The van der Waals surface area contributed by atoms with E-state index in [2.05, 4.69) is 187 Å². The van der Waals surface area contributed by atoms with Crippen LogP contribution in [0.2, 0.25) is 0 Å². The molecule has 0 N–H and O–H groups in total. The van der Waals surface area contributed by atoms with Crippen molar-refractivity contribution < 1.29 is 0 Å². The number of hydrogen-bond acceptors (Lipinski definition) is 2. The zero-order chi connectivity index (χ0) is 37.8. The van der Waals surface area contributed by atoms with Gasteiger partial charge in [0.15, 0.2) is 5.82 Å². The molecule has 57 heavy (non-hydrogen) atoms.